The largest absolute Gasteiger partial charge is 0.378 e. The van der Waals surface area contributed by atoms with E-state index < -0.39 is 0 Å². The summed E-state index contributed by atoms with van der Waals surface area (Å²) in [6.45, 7) is 7.55. The Morgan fingerprint density at radius 1 is 1.08 bits per heavy atom. The van der Waals surface area contributed by atoms with Gasteiger partial charge in [0.05, 0.1) is 18.9 Å². The SMILES string of the molecule is Cc1cc(C)c(-c2cn3ccc(N4CCOCC4)cc3n2)cc1Cl. The number of benzene rings is 1. The van der Waals surface area contributed by atoms with Crippen LogP contribution in [0.15, 0.2) is 36.7 Å². The van der Waals surface area contributed by atoms with Crippen molar-refractivity contribution in [1.29, 1.82) is 0 Å². The molecule has 0 saturated carbocycles. The summed E-state index contributed by atoms with van der Waals surface area (Å²) in [5.41, 5.74) is 6.47. The van der Waals surface area contributed by atoms with Crippen molar-refractivity contribution in [3.05, 3.63) is 52.8 Å². The Balaban J connectivity index is 1.74. The number of hydrogen-bond acceptors (Lipinski definition) is 3. The summed E-state index contributed by atoms with van der Waals surface area (Å²) in [6, 6.07) is 8.40. The smallest absolute Gasteiger partial charge is 0.139 e. The Bertz CT molecular complexity index is 897. The first-order valence-corrected chi connectivity index (χ1v) is 8.58. The molecule has 1 saturated heterocycles. The average Bonchev–Trinajstić information content (AvgIpc) is 3.01. The molecule has 0 bridgehead atoms. The summed E-state index contributed by atoms with van der Waals surface area (Å²) in [7, 11) is 0. The molecule has 4 rings (SSSR count). The van der Waals surface area contributed by atoms with Gasteiger partial charge in [0, 0.05) is 47.8 Å². The van der Waals surface area contributed by atoms with E-state index in [2.05, 4.69) is 46.8 Å². The number of halogens is 1. The number of hydrogen-bond donors (Lipinski definition) is 0. The Morgan fingerprint density at radius 2 is 1.88 bits per heavy atom. The van der Waals surface area contributed by atoms with Crippen LogP contribution in [-0.4, -0.2) is 35.7 Å². The van der Waals surface area contributed by atoms with Crippen molar-refractivity contribution in [2.75, 3.05) is 31.2 Å². The summed E-state index contributed by atoms with van der Waals surface area (Å²) in [5, 5.41) is 0.779. The van der Waals surface area contributed by atoms with Crippen molar-refractivity contribution in [3.8, 4) is 11.3 Å². The molecule has 1 fully saturated rings. The highest BCUT2D eigenvalue weighted by Gasteiger charge is 2.14. The molecule has 0 N–H and O–H groups in total. The van der Waals surface area contributed by atoms with E-state index >= 15 is 0 Å². The van der Waals surface area contributed by atoms with E-state index in [9.17, 15) is 0 Å². The second-order valence-corrected chi connectivity index (χ2v) is 6.70. The van der Waals surface area contributed by atoms with Crippen LogP contribution in [0.25, 0.3) is 16.9 Å². The van der Waals surface area contributed by atoms with Crippen LogP contribution in [0.1, 0.15) is 11.1 Å². The molecule has 0 spiro atoms. The van der Waals surface area contributed by atoms with Gasteiger partial charge in [-0.05, 0) is 37.1 Å². The minimum atomic E-state index is 0.779. The number of imidazole rings is 1. The Hall–Kier alpha value is -2.04. The van der Waals surface area contributed by atoms with Gasteiger partial charge in [-0.25, -0.2) is 4.98 Å². The van der Waals surface area contributed by atoms with Crippen LogP contribution < -0.4 is 4.90 Å². The lowest BCUT2D eigenvalue weighted by molar-refractivity contribution is 0.122. The molecule has 1 aromatic carbocycles. The van der Waals surface area contributed by atoms with Crippen molar-refractivity contribution in [2.45, 2.75) is 13.8 Å². The highest BCUT2D eigenvalue weighted by Crippen LogP contribution is 2.29. The molecule has 1 aliphatic rings. The zero-order valence-corrected chi connectivity index (χ0v) is 14.7. The minimum Gasteiger partial charge on any atom is -0.378 e. The maximum absolute atomic E-state index is 6.31. The summed E-state index contributed by atoms with van der Waals surface area (Å²) < 4.78 is 7.49. The fraction of sp³-hybridized carbons (Fsp3) is 0.316. The van der Waals surface area contributed by atoms with Crippen molar-refractivity contribution >= 4 is 22.9 Å². The van der Waals surface area contributed by atoms with Gasteiger partial charge in [0.25, 0.3) is 0 Å². The molecule has 2 aromatic heterocycles. The van der Waals surface area contributed by atoms with Crippen molar-refractivity contribution < 1.29 is 4.74 Å². The lowest BCUT2D eigenvalue weighted by Crippen LogP contribution is -2.36. The second-order valence-electron chi connectivity index (χ2n) is 6.29. The van der Waals surface area contributed by atoms with Crippen LogP contribution in [0.4, 0.5) is 5.69 Å². The van der Waals surface area contributed by atoms with Crippen molar-refractivity contribution in [3.63, 3.8) is 0 Å². The zero-order valence-electron chi connectivity index (χ0n) is 13.9. The Labute approximate surface area is 146 Å². The first-order valence-electron chi connectivity index (χ1n) is 8.20. The predicted molar refractivity (Wildman–Crippen MR) is 98.1 cm³/mol. The van der Waals surface area contributed by atoms with E-state index in [1.165, 1.54) is 11.3 Å². The van der Waals surface area contributed by atoms with Crippen LogP contribution >= 0.6 is 11.6 Å². The molecule has 5 heteroatoms. The zero-order chi connectivity index (χ0) is 16.7. The molecule has 4 nitrogen and oxygen atoms in total. The number of rotatable bonds is 2. The molecule has 0 radical (unpaired) electrons. The predicted octanol–water partition coefficient (Wildman–Crippen LogP) is 4.11. The summed E-state index contributed by atoms with van der Waals surface area (Å²) in [5.74, 6) is 0. The summed E-state index contributed by atoms with van der Waals surface area (Å²) in [6.07, 6.45) is 4.13. The number of anilines is 1. The van der Waals surface area contributed by atoms with Crippen LogP contribution in [0.2, 0.25) is 5.02 Å². The van der Waals surface area contributed by atoms with Crippen LogP contribution in [0.5, 0.6) is 0 Å². The second kappa shape index (κ2) is 6.11. The van der Waals surface area contributed by atoms with Gasteiger partial charge in [-0.1, -0.05) is 17.7 Å². The lowest BCUT2D eigenvalue weighted by atomic mass is 10.0. The van der Waals surface area contributed by atoms with Gasteiger partial charge >= 0.3 is 0 Å². The molecule has 24 heavy (non-hydrogen) atoms. The van der Waals surface area contributed by atoms with Crippen LogP contribution in [0, 0.1) is 13.8 Å². The van der Waals surface area contributed by atoms with Crippen molar-refractivity contribution in [1.82, 2.24) is 9.38 Å². The standard InChI is InChI=1S/C19H20ClN3O/c1-13-9-14(2)17(20)11-16(13)18-12-23-4-3-15(10-19(23)21-18)22-5-7-24-8-6-22/h3-4,9-12H,5-8H2,1-2H3. The van der Waals surface area contributed by atoms with Gasteiger partial charge in [0.1, 0.15) is 5.65 Å². The lowest BCUT2D eigenvalue weighted by Gasteiger charge is -2.28. The number of nitrogens with zero attached hydrogens (tertiary/aromatic N) is 3. The van der Waals surface area contributed by atoms with Gasteiger partial charge < -0.3 is 14.0 Å². The van der Waals surface area contributed by atoms with Crippen LogP contribution in [-0.2, 0) is 4.74 Å². The Kier molecular flexibility index (Phi) is 3.94. The van der Waals surface area contributed by atoms with E-state index in [1.807, 2.05) is 13.0 Å². The van der Waals surface area contributed by atoms with E-state index in [4.69, 9.17) is 21.3 Å². The van der Waals surface area contributed by atoms with Gasteiger partial charge in [0.2, 0.25) is 0 Å². The number of ether oxygens (including phenoxy) is 1. The summed E-state index contributed by atoms with van der Waals surface area (Å²) >= 11 is 6.31. The monoisotopic (exact) mass is 341 g/mol. The maximum atomic E-state index is 6.31. The molecule has 3 heterocycles. The van der Waals surface area contributed by atoms with Gasteiger partial charge in [-0.2, -0.15) is 0 Å². The van der Waals surface area contributed by atoms with E-state index in [0.717, 1.165) is 53.8 Å². The van der Waals surface area contributed by atoms with Gasteiger partial charge in [-0.15, -0.1) is 0 Å². The molecule has 3 aromatic rings. The molecular weight excluding hydrogens is 322 g/mol. The highest BCUT2D eigenvalue weighted by molar-refractivity contribution is 6.31. The third-order valence-electron chi connectivity index (χ3n) is 4.60. The maximum Gasteiger partial charge on any atom is 0.139 e. The van der Waals surface area contributed by atoms with Gasteiger partial charge in [-0.3, -0.25) is 0 Å². The third kappa shape index (κ3) is 2.76. The molecule has 0 aliphatic carbocycles. The fourth-order valence-electron chi connectivity index (χ4n) is 3.22. The number of aryl methyl sites for hydroxylation is 2. The van der Waals surface area contributed by atoms with Gasteiger partial charge in [0.15, 0.2) is 0 Å². The van der Waals surface area contributed by atoms with Crippen LogP contribution in [0.3, 0.4) is 0 Å². The molecular formula is C19H20ClN3O. The third-order valence-corrected chi connectivity index (χ3v) is 5.01. The quantitative estimate of drug-likeness (QED) is 0.702. The number of aromatic nitrogens is 2. The van der Waals surface area contributed by atoms with E-state index in [0.29, 0.717) is 0 Å². The molecule has 124 valence electrons. The number of morpholine rings is 1. The average molecular weight is 342 g/mol. The van der Waals surface area contributed by atoms with Crippen molar-refractivity contribution in [2.24, 2.45) is 0 Å². The first kappa shape index (κ1) is 15.5. The Morgan fingerprint density at radius 3 is 2.67 bits per heavy atom. The number of pyridine rings is 1. The summed E-state index contributed by atoms with van der Waals surface area (Å²) in [4.78, 5) is 7.16. The molecule has 0 amide bonds. The number of fused-ring (bicyclic) bond motifs is 1. The normalized spacial score (nSPS) is 15.2. The fourth-order valence-corrected chi connectivity index (χ4v) is 3.38. The topological polar surface area (TPSA) is 29.8 Å². The van der Waals surface area contributed by atoms with E-state index in [1.54, 1.807) is 0 Å². The highest BCUT2D eigenvalue weighted by atomic mass is 35.5. The van der Waals surface area contributed by atoms with E-state index in [-0.39, 0.29) is 0 Å². The first-order chi connectivity index (χ1) is 11.6. The molecule has 1 aliphatic heterocycles. The minimum absolute atomic E-state index is 0.779. The molecule has 0 atom stereocenters. The molecule has 0 unspecified atom stereocenters.